The van der Waals surface area contributed by atoms with Crippen molar-refractivity contribution in [1.29, 1.82) is 0 Å². The molecule has 0 spiro atoms. The number of nitrogens with zero attached hydrogens (tertiary/aromatic N) is 3. The summed E-state index contributed by atoms with van der Waals surface area (Å²) in [6, 6.07) is 0. The van der Waals surface area contributed by atoms with Crippen LogP contribution < -0.4 is 5.32 Å². The molecule has 1 unspecified atom stereocenters. The number of nitrogens with one attached hydrogen (secondary N) is 1. The highest BCUT2D eigenvalue weighted by Crippen LogP contribution is 2.05. The topological polar surface area (TPSA) is 59.4 Å². The summed E-state index contributed by atoms with van der Waals surface area (Å²) >= 11 is 0. The van der Waals surface area contributed by atoms with Crippen LogP contribution in [0.2, 0.25) is 0 Å². The van der Waals surface area contributed by atoms with E-state index in [-0.39, 0.29) is 11.8 Å². The fourth-order valence-corrected chi connectivity index (χ4v) is 2.55. The fraction of sp³-hybridized carbons (Fsp3) is 0.733. The third-order valence-electron chi connectivity index (χ3n) is 3.77. The van der Waals surface area contributed by atoms with Gasteiger partial charge in [-0.3, -0.25) is 9.69 Å². The van der Waals surface area contributed by atoms with Crippen molar-refractivity contribution in [2.45, 2.75) is 33.4 Å². The number of hydrogen-bond acceptors (Lipinski definition) is 4. The number of ether oxygens (including phenoxy) is 1. The van der Waals surface area contributed by atoms with E-state index in [1.165, 1.54) is 0 Å². The van der Waals surface area contributed by atoms with Crippen LogP contribution in [0.25, 0.3) is 0 Å². The molecule has 21 heavy (non-hydrogen) atoms. The third-order valence-corrected chi connectivity index (χ3v) is 3.77. The summed E-state index contributed by atoms with van der Waals surface area (Å²) < 4.78 is 7.41. The zero-order chi connectivity index (χ0) is 15.1. The fourth-order valence-electron chi connectivity index (χ4n) is 2.55. The zero-order valence-corrected chi connectivity index (χ0v) is 13.0. The minimum atomic E-state index is -0.0160. The molecule has 0 saturated carbocycles. The molecule has 1 N–H and O–H groups in total. The number of aryl methyl sites for hydroxylation is 1. The second kappa shape index (κ2) is 8.14. The van der Waals surface area contributed by atoms with Crippen LogP contribution in [0.15, 0.2) is 12.4 Å². The molecule has 118 valence electrons. The molecule has 1 amide bonds. The minimum Gasteiger partial charge on any atom is -0.379 e. The third kappa shape index (κ3) is 4.82. The Balaban J connectivity index is 1.76. The molecule has 1 saturated heterocycles. The molecule has 1 aromatic heterocycles. The molecule has 6 heteroatoms. The summed E-state index contributed by atoms with van der Waals surface area (Å²) in [5, 5.41) is 2.99. The first-order valence-corrected chi connectivity index (χ1v) is 7.78. The lowest BCUT2D eigenvalue weighted by Crippen LogP contribution is -2.42. The Labute approximate surface area is 126 Å². The Morgan fingerprint density at radius 2 is 2.24 bits per heavy atom. The molecule has 0 aliphatic carbocycles. The number of rotatable bonds is 7. The highest BCUT2D eigenvalue weighted by molar-refractivity contribution is 5.78. The van der Waals surface area contributed by atoms with Crippen LogP contribution in [0.5, 0.6) is 0 Å². The van der Waals surface area contributed by atoms with Gasteiger partial charge in [-0.25, -0.2) is 4.98 Å². The van der Waals surface area contributed by atoms with E-state index in [0.29, 0.717) is 6.54 Å². The van der Waals surface area contributed by atoms with Crippen LogP contribution in [-0.4, -0.2) is 53.2 Å². The van der Waals surface area contributed by atoms with Gasteiger partial charge < -0.3 is 14.6 Å². The van der Waals surface area contributed by atoms with E-state index in [2.05, 4.69) is 26.7 Å². The van der Waals surface area contributed by atoms with Gasteiger partial charge in [0, 0.05) is 44.5 Å². The lowest BCUT2D eigenvalue weighted by atomic mass is 10.1. The first-order valence-electron chi connectivity index (χ1n) is 7.78. The normalized spacial score (nSPS) is 17.6. The summed E-state index contributed by atoms with van der Waals surface area (Å²) in [6.07, 6.45) is 4.81. The smallest absolute Gasteiger partial charge is 0.224 e. The molecular formula is C15H26N4O2. The van der Waals surface area contributed by atoms with Crippen LogP contribution >= 0.6 is 0 Å². The molecule has 2 heterocycles. The SMILES string of the molecule is CCCn1ccnc1CNC(=O)C(C)CN1CCOCC1. The Morgan fingerprint density at radius 1 is 1.48 bits per heavy atom. The Hall–Kier alpha value is -1.40. The van der Waals surface area contributed by atoms with Crippen LogP contribution in [0.3, 0.4) is 0 Å². The molecule has 6 nitrogen and oxygen atoms in total. The van der Waals surface area contributed by atoms with Gasteiger partial charge in [0.15, 0.2) is 0 Å². The molecule has 1 aromatic rings. The Bertz CT molecular complexity index is 441. The summed E-state index contributed by atoms with van der Waals surface area (Å²) in [7, 11) is 0. The number of aromatic nitrogens is 2. The largest absolute Gasteiger partial charge is 0.379 e. The quantitative estimate of drug-likeness (QED) is 0.811. The Morgan fingerprint density at radius 3 is 2.95 bits per heavy atom. The van der Waals surface area contributed by atoms with Gasteiger partial charge in [-0.15, -0.1) is 0 Å². The first kappa shape index (κ1) is 16.0. The average molecular weight is 294 g/mol. The van der Waals surface area contributed by atoms with E-state index in [1.807, 2.05) is 13.1 Å². The first-order chi connectivity index (χ1) is 10.2. The van der Waals surface area contributed by atoms with Crippen molar-refractivity contribution in [1.82, 2.24) is 19.8 Å². The molecule has 1 aliphatic rings. The van der Waals surface area contributed by atoms with E-state index < -0.39 is 0 Å². The van der Waals surface area contributed by atoms with Crippen molar-refractivity contribution >= 4 is 5.91 Å². The predicted octanol–water partition coefficient (Wildman–Crippen LogP) is 0.878. The van der Waals surface area contributed by atoms with E-state index in [9.17, 15) is 4.79 Å². The molecule has 1 atom stereocenters. The van der Waals surface area contributed by atoms with Gasteiger partial charge in [-0.2, -0.15) is 0 Å². The number of imidazole rings is 1. The number of hydrogen-bond donors (Lipinski definition) is 1. The standard InChI is InChI=1S/C15H26N4O2/c1-3-5-19-6-4-16-14(19)11-17-15(20)13(2)12-18-7-9-21-10-8-18/h4,6,13H,3,5,7-12H2,1-2H3,(H,17,20). The highest BCUT2D eigenvalue weighted by atomic mass is 16.5. The van der Waals surface area contributed by atoms with Crippen LogP contribution in [-0.2, 0) is 22.6 Å². The maximum Gasteiger partial charge on any atom is 0.224 e. The minimum absolute atomic E-state index is 0.0160. The van der Waals surface area contributed by atoms with E-state index in [0.717, 1.165) is 51.6 Å². The lowest BCUT2D eigenvalue weighted by Gasteiger charge is -2.28. The van der Waals surface area contributed by atoms with Crippen molar-refractivity contribution in [2.75, 3.05) is 32.8 Å². The molecule has 1 aliphatic heterocycles. The summed E-state index contributed by atoms with van der Waals surface area (Å²) in [5.74, 6) is 0.994. The van der Waals surface area contributed by atoms with E-state index >= 15 is 0 Å². The monoisotopic (exact) mass is 294 g/mol. The number of morpholine rings is 1. The van der Waals surface area contributed by atoms with Gasteiger partial charge >= 0.3 is 0 Å². The number of carbonyl (C=O) groups is 1. The predicted molar refractivity (Wildman–Crippen MR) is 80.8 cm³/mol. The van der Waals surface area contributed by atoms with Gasteiger partial charge in [0.2, 0.25) is 5.91 Å². The average Bonchev–Trinajstić information content (AvgIpc) is 2.93. The van der Waals surface area contributed by atoms with Gasteiger partial charge in [0.25, 0.3) is 0 Å². The summed E-state index contributed by atoms with van der Waals surface area (Å²) in [6.45, 7) is 9.70. The number of carbonyl (C=O) groups excluding carboxylic acids is 1. The van der Waals surface area contributed by atoms with Gasteiger partial charge in [-0.1, -0.05) is 13.8 Å². The van der Waals surface area contributed by atoms with Crippen LogP contribution in [0.1, 0.15) is 26.1 Å². The second-order valence-corrected chi connectivity index (χ2v) is 5.57. The van der Waals surface area contributed by atoms with E-state index in [1.54, 1.807) is 6.20 Å². The molecule has 0 bridgehead atoms. The second-order valence-electron chi connectivity index (χ2n) is 5.57. The number of amides is 1. The summed E-state index contributed by atoms with van der Waals surface area (Å²) in [5.41, 5.74) is 0. The maximum atomic E-state index is 12.2. The molecular weight excluding hydrogens is 268 g/mol. The highest BCUT2D eigenvalue weighted by Gasteiger charge is 2.19. The van der Waals surface area contributed by atoms with Crippen LogP contribution in [0.4, 0.5) is 0 Å². The molecule has 2 rings (SSSR count). The Kier molecular flexibility index (Phi) is 6.20. The van der Waals surface area contributed by atoms with Gasteiger partial charge in [-0.05, 0) is 6.42 Å². The van der Waals surface area contributed by atoms with Gasteiger partial charge in [0.1, 0.15) is 5.82 Å². The van der Waals surface area contributed by atoms with Crippen molar-refractivity contribution < 1.29 is 9.53 Å². The van der Waals surface area contributed by atoms with Crippen molar-refractivity contribution in [2.24, 2.45) is 5.92 Å². The zero-order valence-electron chi connectivity index (χ0n) is 13.0. The van der Waals surface area contributed by atoms with Crippen molar-refractivity contribution in [3.05, 3.63) is 18.2 Å². The molecule has 1 fully saturated rings. The lowest BCUT2D eigenvalue weighted by molar-refractivity contribution is -0.125. The maximum absolute atomic E-state index is 12.2. The van der Waals surface area contributed by atoms with Gasteiger partial charge in [0.05, 0.1) is 19.8 Å². The van der Waals surface area contributed by atoms with Crippen molar-refractivity contribution in [3.63, 3.8) is 0 Å². The van der Waals surface area contributed by atoms with Crippen molar-refractivity contribution in [3.8, 4) is 0 Å². The van der Waals surface area contributed by atoms with E-state index in [4.69, 9.17) is 4.74 Å². The summed E-state index contributed by atoms with van der Waals surface area (Å²) in [4.78, 5) is 18.8. The molecule has 0 aromatic carbocycles. The molecule has 0 radical (unpaired) electrons. The van der Waals surface area contributed by atoms with Crippen LogP contribution in [0, 0.1) is 5.92 Å².